The van der Waals surface area contributed by atoms with Crippen molar-refractivity contribution in [1.29, 1.82) is 0 Å². The van der Waals surface area contributed by atoms with E-state index in [1.54, 1.807) is 12.1 Å². The van der Waals surface area contributed by atoms with E-state index in [0.29, 0.717) is 9.35 Å². The van der Waals surface area contributed by atoms with Crippen LogP contribution in [0.25, 0.3) is 0 Å². The lowest BCUT2D eigenvalue weighted by Gasteiger charge is -2.00. The zero-order chi connectivity index (χ0) is 11.7. The van der Waals surface area contributed by atoms with Crippen molar-refractivity contribution in [3.05, 3.63) is 55.9 Å². The number of carbonyl (C=O) groups excluding carboxylic acids is 1. The third-order valence-electron chi connectivity index (χ3n) is 2.14. The summed E-state index contributed by atoms with van der Waals surface area (Å²) in [6.07, 6.45) is 0. The van der Waals surface area contributed by atoms with Gasteiger partial charge in [-0.25, -0.2) is 4.39 Å². The first-order valence-corrected chi connectivity index (χ1v) is 6.25. The Hall–Kier alpha value is -1.00. The van der Waals surface area contributed by atoms with Crippen LogP contribution in [0.5, 0.6) is 0 Å². The lowest BCUT2D eigenvalue weighted by atomic mass is 10.1. The van der Waals surface area contributed by atoms with Gasteiger partial charge in [-0.3, -0.25) is 4.79 Å². The third-order valence-corrected chi connectivity index (χ3v) is 3.63. The molecule has 0 unspecified atom stereocenters. The summed E-state index contributed by atoms with van der Waals surface area (Å²) in [4.78, 5) is 13.6. The maximum absolute atomic E-state index is 13.5. The number of rotatable bonds is 2. The molecule has 0 aliphatic heterocycles. The number of carbonyl (C=O) groups is 1. The smallest absolute Gasteiger partial charge is 0.205 e. The molecule has 1 heterocycles. The summed E-state index contributed by atoms with van der Waals surface area (Å²) in [5.41, 5.74) is 0.116. The Balaban J connectivity index is 2.41. The zero-order valence-corrected chi connectivity index (χ0v) is 10.9. The number of thiophene rings is 1. The topological polar surface area (TPSA) is 17.1 Å². The molecule has 0 saturated heterocycles. The van der Waals surface area contributed by atoms with Gasteiger partial charge in [-0.1, -0.05) is 15.9 Å². The van der Waals surface area contributed by atoms with E-state index in [-0.39, 0.29) is 11.3 Å². The van der Waals surface area contributed by atoms with Gasteiger partial charge in [0.15, 0.2) is 0 Å². The minimum absolute atomic E-state index is 0.116. The highest BCUT2D eigenvalue weighted by atomic mass is 79.9. The molecular formula is C12H8BrFOS. The van der Waals surface area contributed by atoms with Crippen LogP contribution in [0.1, 0.15) is 20.1 Å². The van der Waals surface area contributed by atoms with Gasteiger partial charge in [-0.15, -0.1) is 11.3 Å². The Labute approximate surface area is 105 Å². The van der Waals surface area contributed by atoms with E-state index >= 15 is 0 Å². The first kappa shape index (κ1) is 11.5. The van der Waals surface area contributed by atoms with Crippen molar-refractivity contribution < 1.29 is 9.18 Å². The average Bonchev–Trinajstić information content (AvgIpc) is 2.64. The largest absolute Gasteiger partial charge is 0.288 e. The number of halogens is 2. The lowest BCUT2D eigenvalue weighted by molar-refractivity contribution is 0.103. The minimum Gasteiger partial charge on any atom is -0.288 e. The first-order chi connectivity index (χ1) is 7.58. The summed E-state index contributed by atoms with van der Waals surface area (Å²) < 4.78 is 14.2. The molecule has 1 aromatic heterocycles. The Morgan fingerprint density at radius 2 is 2.06 bits per heavy atom. The molecule has 0 N–H and O–H groups in total. The highest BCUT2D eigenvalue weighted by Crippen LogP contribution is 2.22. The summed E-state index contributed by atoms with van der Waals surface area (Å²) in [6.45, 7) is 1.92. The fraction of sp³-hybridized carbons (Fsp3) is 0.0833. The van der Waals surface area contributed by atoms with Gasteiger partial charge in [0.05, 0.1) is 10.4 Å². The van der Waals surface area contributed by atoms with E-state index in [9.17, 15) is 9.18 Å². The van der Waals surface area contributed by atoms with Crippen LogP contribution in [-0.2, 0) is 0 Å². The fourth-order valence-corrected chi connectivity index (χ4v) is 2.52. The molecule has 0 bridgehead atoms. The van der Waals surface area contributed by atoms with E-state index < -0.39 is 5.82 Å². The van der Waals surface area contributed by atoms with Crippen molar-refractivity contribution in [2.75, 3.05) is 0 Å². The van der Waals surface area contributed by atoms with Crippen molar-refractivity contribution in [3.8, 4) is 0 Å². The molecule has 0 aliphatic carbocycles. The number of benzene rings is 1. The maximum Gasteiger partial charge on any atom is 0.205 e. The van der Waals surface area contributed by atoms with Crippen LogP contribution in [-0.4, -0.2) is 5.78 Å². The molecule has 0 aliphatic rings. The predicted molar refractivity (Wildman–Crippen MR) is 66.6 cm³/mol. The summed E-state index contributed by atoms with van der Waals surface area (Å²) >= 11 is 4.53. The van der Waals surface area contributed by atoms with Crippen molar-refractivity contribution in [1.82, 2.24) is 0 Å². The van der Waals surface area contributed by atoms with Crippen LogP contribution >= 0.6 is 27.3 Å². The Morgan fingerprint density at radius 1 is 1.31 bits per heavy atom. The van der Waals surface area contributed by atoms with Crippen molar-refractivity contribution in [2.45, 2.75) is 6.92 Å². The summed E-state index contributed by atoms with van der Waals surface area (Å²) in [6, 6.07) is 8.04. The second-order valence-electron chi connectivity index (χ2n) is 3.36. The van der Waals surface area contributed by atoms with Crippen molar-refractivity contribution in [3.63, 3.8) is 0 Å². The van der Waals surface area contributed by atoms with Gasteiger partial charge in [0.25, 0.3) is 0 Å². The summed E-state index contributed by atoms with van der Waals surface area (Å²) in [5.74, 6) is -0.756. The first-order valence-electron chi connectivity index (χ1n) is 4.64. The normalized spacial score (nSPS) is 10.4. The molecule has 0 atom stereocenters. The van der Waals surface area contributed by atoms with Gasteiger partial charge in [0, 0.05) is 9.35 Å². The van der Waals surface area contributed by atoms with E-state index in [4.69, 9.17) is 0 Å². The zero-order valence-electron chi connectivity index (χ0n) is 8.46. The summed E-state index contributed by atoms with van der Waals surface area (Å²) in [5, 5.41) is 0. The van der Waals surface area contributed by atoms with E-state index in [1.165, 1.54) is 23.5 Å². The van der Waals surface area contributed by atoms with Gasteiger partial charge in [0.1, 0.15) is 5.82 Å². The van der Waals surface area contributed by atoms with Crippen molar-refractivity contribution >= 4 is 33.0 Å². The van der Waals surface area contributed by atoms with E-state index in [0.717, 1.165) is 4.88 Å². The standard InChI is InChI=1S/C12H8BrFOS/c1-7-2-5-11(16-7)12(15)9-4-3-8(13)6-10(9)14/h2-6H,1H3. The average molecular weight is 299 g/mol. The molecule has 16 heavy (non-hydrogen) atoms. The SMILES string of the molecule is Cc1ccc(C(=O)c2ccc(Br)cc2F)s1. The van der Waals surface area contributed by atoms with Gasteiger partial charge in [-0.2, -0.15) is 0 Å². The maximum atomic E-state index is 13.5. The monoisotopic (exact) mass is 298 g/mol. The molecular weight excluding hydrogens is 291 g/mol. The molecule has 82 valence electrons. The molecule has 0 amide bonds. The van der Waals surface area contributed by atoms with Gasteiger partial charge >= 0.3 is 0 Å². The van der Waals surface area contributed by atoms with Crippen LogP contribution < -0.4 is 0 Å². The van der Waals surface area contributed by atoms with Crippen LogP contribution in [0.3, 0.4) is 0 Å². The van der Waals surface area contributed by atoms with Gasteiger partial charge in [-0.05, 0) is 37.3 Å². The van der Waals surface area contributed by atoms with Crippen molar-refractivity contribution in [2.24, 2.45) is 0 Å². The second kappa shape index (κ2) is 4.47. The Kier molecular flexibility index (Phi) is 3.21. The molecule has 0 radical (unpaired) electrons. The van der Waals surface area contributed by atoms with Gasteiger partial charge in [0.2, 0.25) is 5.78 Å². The van der Waals surface area contributed by atoms with E-state index in [2.05, 4.69) is 15.9 Å². The fourth-order valence-electron chi connectivity index (χ4n) is 1.36. The highest BCUT2D eigenvalue weighted by Gasteiger charge is 2.15. The third kappa shape index (κ3) is 2.23. The predicted octanol–water partition coefficient (Wildman–Crippen LogP) is 4.19. The Morgan fingerprint density at radius 3 is 2.62 bits per heavy atom. The molecule has 0 spiro atoms. The number of ketones is 1. The van der Waals surface area contributed by atoms with E-state index in [1.807, 2.05) is 13.0 Å². The molecule has 2 aromatic rings. The molecule has 2 rings (SSSR count). The number of aryl methyl sites for hydroxylation is 1. The second-order valence-corrected chi connectivity index (χ2v) is 5.57. The number of hydrogen-bond donors (Lipinski definition) is 0. The van der Waals surface area contributed by atoms with Crippen LogP contribution in [0.15, 0.2) is 34.8 Å². The quantitative estimate of drug-likeness (QED) is 0.760. The highest BCUT2D eigenvalue weighted by molar-refractivity contribution is 9.10. The van der Waals surface area contributed by atoms with Crippen LogP contribution in [0, 0.1) is 12.7 Å². The lowest BCUT2D eigenvalue weighted by Crippen LogP contribution is -2.01. The molecule has 0 fully saturated rings. The van der Waals surface area contributed by atoms with Crippen LogP contribution in [0.2, 0.25) is 0 Å². The van der Waals surface area contributed by atoms with Crippen LogP contribution in [0.4, 0.5) is 4.39 Å². The molecule has 0 saturated carbocycles. The molecule has 4 heteroatoms. The summed E-state index contributed by atoms with van der Waals surface area (Å²) in [7, 11) is 0. The molecule has 1 nitrogen and oxygen atoms in total. The molecule has 1 aromatic carbocycles. The Bertz CT molecular complexity index is 548. The minimum atomic E-state index is -0.495. The number of hydrogen-bond acceptors (Lipinski definition) is 2. The van der Waals surface area contributed by atoms with Gasteiger partial charge < -0.3 is 0 Å².